The van der Waals surface area contributed by atoms with Crippen LogP contribution in [0.2, 0.25) is 0 Å². The standard InChI is InChI=1S/C16H15NO4S2.K/c1-19-13-6-4-12(5-7-13)17(18)10-11-3-8-14(21-16(22)23)15(9-11)20-2;/h3-10H,1-2H3,(H,22,23);/b17-10-;. The van der Waals surface area contributed by atoms with Gasteiger partial charge in [-0.15, -0.1) is 0 Å². The average Bonchev–Trinajstić information content (AvgIpc) is 2.55. The van der Waals surface area contributed by atoms with Gasteiger partial charge < -0.3 is 19.4 Å². The molecular weight excluding hydrogens is 373 g/mol. The van der Waals surface area contributed by atoms with E-state index in [1.807, 2.05) is 0 Å². The normalized spacial score (nSPS) is 10.5. The van der Waals surface area contributed by atoms with Crippen LogP contribution in [0.15, 0.2) is 42.5 Å². The van der Waals surface area contributed by atoms with Gasteiger partial charge in [0, 0.05) is 69.1 Å². The molecule has 0 aromatic heterocycles. The van der Waals surface area contributed by atoms with E-state index in [1.54, 1.807) is 49.6 Å². The maximum Gasteiger partial charge on any atom is 0.222 e. The molecule has 5 nitrogen and oxygen atoms in total. The predicted octanol–water partition coefficient (Wildman–Crippen LogP) is 3.18. The number of ether oxygens (including phenoxy) is 3. The van der Waals surface area contributed by atoms with E-state index >= 15 is 0 Å². The Labute approximate surface area is 194 Å². The third-order valence-corrected chi connectivity index (χ3v) is 3.15. The fourth-order valence-corrected chi connectivity index (χ4v) is 2.07. The van der Waals surface area contributed by atoms with Crippen LogP contribution in [0.4, 0.5) is 5.69 Å². The summed E-state index contributed by atoms with van der Waals surface area (Å²) in [6.45, 7) is 0. The van der Waals surface area contributed by atoms with Crippen LogP contribution in [0.3, 0.4) is 0 Å². The Hall–Kier alpha value is -0.614. The Balaban J connectivity index is 0.00000288. The van der Waals surface area contributed by atoms with Crippen molar-refractivity contribution >= 4 is 92.5 Å². The van der Waals surface area contributed by atoms with Crippen LogP contribution in [-0.2, 0) is 0 Å². The maximum atomic E-state index is 12.2. The SMILES string of the molecule is COc1ccc(/[N+]([O-])=C/c2ccc(OC(=S)S)c(OC)c2)cc1.[K]. The first-order chi connectivity index (χ1) is 11.0. The number of methoxy groups -OCH3 is 2. The summed E-state index contributed by atoms with van der Waals surface area (Å²) in [5.74, 6) is 1.58. The number of benzene rings is 2. The first-order valence-corrected chi connectivity index (χ1v) is 7.43. The van der Waals surface area contributed by atoms with Crippen molar-refractivity contribution < 1.29 is 18.9 Å². The minimum absolute atomic E-state index is 0. The minimum Gasteiger partial charge on any atom is -0.618 e. The molecule has 0 spiro atoms. The van der Waals surface area contributed by atoms with Crippen LogP contribution in [0.25, 0.3) is 0 Å². The van der Waals surface area contributed by atoms with Gasteiger partial charge >= 0.3 is 0 Å². The van der Waals surface area contributed by atoms with Gasteiger partial charge in [-0.05, 0) is 42.5 Å². The zero-order valence-corrected chi connectivity index (χ0v) is 18.4. The van der Waals surface area contributed by atoms with Crippen molar-refractivity contribution in [3.63, 3.8) is 0 Å². The number of thiocarbonyl (C=S) groups is 1. The van der Waals surface area contributed by atoms with Crippen molar-refractivity contribution in [2.75, 3.05) is 14.2 Å². The topological polar surface area (TPSA) is 53.8 Å². The zero-order valence-electron chi connectivity index (χ0n) is 13.6. The number of hydrogen-bond donors (Lipinski definition) is 1. The summed E-state index contributed by atoms with van der Waals surface area (Å²) in [5.41, 5.74) is 1.15. The molecular formula is C16H15KNO4S2. The number of nitrogens with zero attached hydrogens (tertiary/aromatic N) is 1. The van der Waals surface area contributed by atoms with Crippen molar-refractivity contribution in [2.45, 2.75) is 0 Å². The van der Waals surface area contributed by atoms with Crippen molar-refractivity contribution in [1.29, 1.82) is 0 Å². The molecule has 0 fully saturated rings. The van der Waals surface area contributed by atoms with Gasteiger partial charge in [0.15, 0.2) is 17.7 Å². The average molecular weight is 389 g/mol. The van der Waals surface area contributed by atoms with E-state index in [1.165, 1.54) is 13.3 Å². The molecule has 1 radical (unpaired) electrons. The monoisotopic (exact) mass is 388 g/mol. The third kappa shape index (κ3) is 6.03. The molecule has 0 aliphatic heterocycles. The number of thiol groups is 1. The van der Waals surface area contributed by atoms with Crippen molar-refractivity contribution in [3.8, 4) is 17.2 Å². The van der Waals surface area contributed by atoms with Gasteiger partial charge in [-0.1, -0.05) is 12.6 Å². The first kappa shape index (κ1) is 21.4. The molecule has 0 aliphatic carbocycles. The van der Waals surface area contributed by atoms with Crippen LogP contribution >= 0.6 is 24.8 Å². The van der Waals surface area contributed by atoms with E-state index in [2.05, 4.69) is 12.6 Å². The second-order valence-corrected chi connectivity index (χ2v) is 5.51. The smallest absolute Gasteiger partial charge is 0.222 e. The molecule has 2 rings (SSSR count). The first-order valence-electron chi connectivity index (χ1n) is 6.57. The van der Waals surface area contributed by atoms with E-state index in [-0.39, 0.29) is 55.8 Å². The van der Waals surface area contributed by atoms with E-state index in [9.17, 15) is 5.21 Å². The van der Waals surface area contributed by atoms with E-state index in [4.69, 9.17) is 26.4 Å². The second-order valence-electron chi connectivity index (χ2n) is 4.43. The molecule has 2 aromatic rings. The molecule has 0 heterocycles. The van der Waals surface area contributed by atoms with Gasteiger partial charge in [0.1, 0.15) is 5.75 Å². The molecule has 0 N–H and O–H groups in total. The van der Waals surface area contributed by atoms with E-state index in [0.717, 1.165) is 4.74 Å². The summed E-state index contributed by atoms with van der Waals surface area (Å²) in [4.78, 5) is 0. The van der Waals surface area contributed by atoms with Crippen LogP contribution < -0.4 is 14.2 Å². The van der Waals surface area contributed by atoms with E-state index in [0.29, 0.717) is 28.5 Å². The summed E-state index contributed by atoms with van der Waals surface area (Å²) < 4.78 is 16.4. The van der Waals surface area contributed by atoms with Gasteiger partial charge in [-0.2, -0.15) is 4.74 Å². The molecule has 0 saturated heterocycles. The quantitative estimate of drug-likeness (QED) is 0.162. The molecule has 24 heavy (non-hydrogen) atoms. The maximum absolute atomic E-state index is 12.2. The Kier molecular flexibility index (Phi) is 9.28. The summed E-state index contributed by atoms with van der Waals surface area (Å²) in [7, 11) is 3.08. The van der Waals surface area contributed by atoms with Crippen LogP contribution in [0.5, 0.6) is 17.2 Å². The fraction of sp³-hybridized carbons (Fsp3) is 0.125. The molecule has 121 valence electrons. The van der Waals surface area contributed by atoms with Gasteiger partial charge in [-0.3, -0.25) is 0 Å². The Morgan fingerprint density at radius 2 is 1.75 bits per heavy atom. The molecule has 0 bridgehead atoms. The molecule has 0 unspecified atom stereocenters. The van der Waals surface area contributed by atoms with Crippen molar-refractivity contribution in [1.82, 2.24) is 0 Å². The third-order valence-electron chi connectivity index (χ3n) is 2.98. The van der Waals surface area contributed by atoms with Crippen LogP contribution in [0.1, 0.15) is 5.56 Å². The Bertz CT molecular complexity index is 735. The molecule has 8 heteroatoms. The Morgan fingerprint density at radius 1 is 1.08 bits per heavy atom. The molecule has 2 aromatic carbocycles. The van der Waals surface area contributed by atoms with E-state index < -0.39 is 0 Å². The summed E-state index contributed by atoms with van der Waals surface area (Å²) >= 11 is 8.70. The summed E-state index contributed by atoms with van der Waals surface area (Å²) in [6, 6.07) is 11.9. The Morgan fingerprint density at radius 3 is 2.29 bits per heavy atom. The minimum atomic E-state index is 0. The van der Waals surface area contributed by atoms with Crippen LogP contribution in [-0.4, -0.2) is 80.9 Å². The van der Waals surface area contributed by atoms with Gasteiger partial charge in [0.05, 0.1) is 14.2 Å². The van der Waals surface area contributed by atoms with Gasteiger partial charge in [0.25, 0.3) is 0 Å². The summed E-state index contributed by atoms with van der Waals surface area (Å²) in [6.07, 6.45) is 1.44. The van der Waals surface area contributed by atoms with Gasteiger partial charge in [0.2, 0.25) is 10.1 Å². The fourth-order valence-electron chi connectivity index (χ4n) is 1.88. The number of hydrogen-bond acceptors (Lipinski definition) is 5. The van der Waals surface area contributed by atoms with Crippen molar-refractivity contribution in [2.24, 2.45) is 0 Å². The molecule has 0 aliphatic rings. The molecule has 0 amide bonds. The number of rotatable bonds is 5. The molecule has 0 saturated carbocycles. The van der Waals surface area contributed by atoms with Gasteiger partial charge in [-0.25, -0.2) is 0 Å². The predicted molar refractivity (Wildman–Crippen MR) is 102 cm³/mol. The molecule has 0 atom stereocenters. The largest absolute Gasteiger partial charge is 0.618 e. The zero-order chi connectivity index (χ0) is 16.8. The second kappa shape index (κ2) is 10.4. The van der Waals surface area contributed by atoms with Crippen LogP contribution in [0, 0.1) is 5.21 Å². The van der Waals surface area contributed by atoms with Crippen molar-refractivity contribution in [3.05, 3.63) is 53.2 Å². The summed E-state index contributed by atoms with van der Waals surface area (Å²) in [5, 5.41) is 12.2.